The fourth-order valence-corrected chi connectivity index (χ4v) is 2.83. The normalized spacial score (nSPS) is 21.8. The minimum absolute atomic E-state index is 0.135. The van der Waals surface area contributed by atoms with E-state index < -0.39 is 0 Å². The second kappa shape index (κ2) is 6.71. The third-order valence-electron chi connectivity index (χ3n) is 3.96. The van der Waals surface area contributed by atoms with Crippen LogP contribution in [0.25, 0.3) is 0 Å². The molecule has 21 heavy (non-hydrogen) atoms. The predicted octanol–water partition coefficient (Wildman–Crippen LogP) is 2.49. The van der Waals surface area contributed by atoms with Gasteiger partial charge in [-0.25, -0.2) is 9.97 Å². The summed E-state index contributed by atoms with van der Waals surface area (Å²) in [4.78, 5) is 22.5. The lowest BCUT2D eigenvalue weighted by molar-refractivity contribution is 0.0688. The lowest BCUT2D eigenvalue weighted by Crippen LogP contribution is -2.35. The predicted molar refractivity (Wildman–Crippen MR) is 81.4 cm³/mol. The number of hydrogen-bond donors (Lipinski definition) is 1. The van der Waals surface area contributed by atoms with Crippen molar-refractivity contribution in [2.24, 2.45) is 5.92 Å². The van der Waals surface area contributed by atoms with Crippen LogP contribution in [0.1, 0.15) is 55.3 Å². The van der Waals surface area contributed by atoms with E-state index in [4.69, 9.17) is 11.6 Å². The molecule has 0 saturated heterocycles. The number of aliphatic hydroxyl groups excluding tert-OH is 1. The van der Waals surface area contributed by atoms with Crippen LogP contribution in [0.15, 0.2) is 6.20 Å². The SMILES string of the molecule is CC(C)c1ncc(Cl)c(C(=O)N(C)CC2CCCC2O)n1. The van der Waals surface area contributed by atoms with Gasteiger partial charge < -0.3 is 10.0 Å². The molecule has 2 atom stereocenters. The van der Waals surface area contributed by atoms with Crippen LogP contribution in [0.4, 0.5) is 0 Å². The van der Waals surface area contributed by atoms with E-state index >= 15 is 0 Å². The van der Waals surface area contributed by atoms with Crippen LogP contribution in [-0.4, -0.2) is 45.6 Å². The Labute approximate surface area is 130 Å². The Balaban J connectivity index is 2.13. The van der Waals surface area contributed by atoms with E-state index in [2.05, 4.69) is 9.97 Å². The summed E-state index contributed by atoms with van der Waals surface area (Å²) in [7, 11) is 1.72. The molecule has 2 unspecified atom stereocenters. The Hall–Kier alpha value is -1.20. The number of amides is 1. The summed E-state index contributed by atoms with van der Waals surface area (Å²) < 4.78 is 0. The molecule has 1 heterocycles. The third-order valence-corrected chi connectivity index (χ3v) is 4.23. The van der Waals surface area contributed by atoms with Crippen molar-refractivity contribution in [3.63, 3.8) is 0 Å². The zero-order chi connectivity index (χ0) is 15.6. The van der Waals surface area contributed by atoms with E-state index in [0.29, 0.717) is 12.4 Å². The van der Waals surface area contributed by atoms with Gasteiger partial charge >= 0.3 is 0 Å². The van der Waals surface area contributed by atoms with Crippen LogP contribution >= 0.6 is 11.6 Å². The van der Waals surface area contributed by atoms with E-state index in [1.165, 1.54) is 6.20 Å². The quantitative estimate of drug-likeness (QED) is 0.927. The highest BCUT2D eigenvalue weighted by Gasteiger charge is 2.28. The Morgan fingerprint density at radius 1 is 1.52 bits per heavy atom. The molecule has 1 amide bonds. The number of carbonyl (C=O) groups is 1. The van der Waals surface area contributed by atoms with Gasteiger partial charge in [0.1, 0.15) is 5.82 Å². The largest absolute Gasteiger partial charge is 0.393 e. The van der Waals surface area contributed by atoms with E-state index in [1.54, 1.807) is 11.9 Å². The van der Waals surface area contributed by atoms with Gasteiger partial charge in [0.25, 0.3) is 5.91 Å². The molecule has 1 N–H and O–H groups in total. The van der Waals surface area contributed by atoms with Crippen molar-refractivity contribution in [2.45, 2.75) is 45.1 Å². The van der Waals surface area contributed by atoms with Gasteiger partial charge in [-0.2, -0.15) is 0 Å². The van der Waals surface area contributed by atoms with Crippen molar-refractivity contribution in [2.75, 3.05) is 13.6 Å². The van der Waals surface area contributed by atoms with E-state index in [-0.39, 0.29) is 34.6 Å². The van der Waals surface area contributed by atoms with Crippen molar-refractivity contribution < 1.29 is 9.90 Å². The fourth-order valence-electron chi connectivity index (χ4n) is 2.65. The van der Waals surface area contributed by atoms with E-state index in [1.807, 2.05) is 13.8 Å². The maximum Gasteiger partial charge on any atom is 0.273 e. The fraction of sp³-hybridized carbons (Fsp3) is 0.667. The first-order valence-electron chi connectivity index (χ1n) is 7.36. The molecule has 116 valence electrons. The molecule has 0 bridgehead atoms. The Bertz CT molecular complexity index is 522. The van der Waals surface area contributed by atoms with Crippen molar-refractivity contribution in [1.82, 2.24) is 14.9 Å². The Morgan fingerprint density at radius 2 is 2.24 bits per heavy atom. The lowest BCUT2D eigenvalue weighted by atomic mass is 10.1. The molecule has 0 spiro atoms. The molecule has 2 rings (SSSR count). The molecule has 1 aromatic heterocycles. The topological polar surface area (TPSA) is 66.3 Å². The standard InChI is InChI=1S/C15H22ClN3O2/c1-9(2)14-17-7-11(16)13(18-14)15(21)19(3)8-10-5-4-6-12(10)20/h7,9-10,12,20H,4-6,8H2,1-3H3. The van der Waals surface area contributed by atoms with Crippen LogP contribution in [0.3, 0.4) is 0 Å². The van der Waals surface area contributed by atoms with Gasteiger partial charge in [0, 0.05) is 25.4 Å². The van der Waals surface area contributed by atoms with Gasteiger partial charge in [0.2, 0.25) is 0 Å². The molecular formula is C15H22ClN3O2. The first-order chi connectivity index (χ1) is 9.90. The molecule has 1 saturated carbocycles. The van der Waals surface area contributed by atoms with Crippen LogP contribution in [0.2, 0.25) is 5.02 Å². The van der Waals surface area contributed by atoms with Gasteiger partial charge in [-0.15, -0.1) is 0 Å². The average Bonchev–Trinajstić information content (AvgIpc) is 2.83. The van der Waals surface area contributed by atoms with E-state index in [9.17, 15) is 9.90 Å². The van der Waals surface area contributed by atoms with Crippen LogP contribution < -0.4 is 0 Å². The number of aromatic nitrogens is 2. The smallest absolute Gasteiger partial charge is 0.273 e. The maximum atomic E-state index is 12.5. The van der Waals surface area contributed by atoms with Crippen LogP contribution in [0.5, 0.6) is 0 Å². The summed E-state index contributed by atoms with van der Waals surface area (Å²) in [6.07, 6.45) is 3.95. The first-order valence-corrected chi connectivity index (χ1v) is 7.74. The molecule has 0 radical (unpaired) electrons. The summed E-state index contributed by atoms with van der Waals surface area (Å²) in [6.45, 7) is 4.46. The monoisotopic (exact) mass is 311 g/mol. The number of rotatable bonds is 4. The van der Waals surface area contributed by atoms with Gasteiger partial charge in [0.15, 0.2) is 5.69 Å². The molecule has 6 heteroatoms. The number of nitrogens with zero attached hydrogens (tertiary/aromatic N) is 3. The van der Waals surface area contributed by atoms with Gasteiger partial charge in [0.05, 0.1) is 17.3 Å². The minimum Gasteiger partial charge on any atom is -0.393 e. The van der Waals surface area contributed by atoms with Crippen molar-refractivity contribution in [1.29, 1.82) is 0 Å². The van der Waals surface area contributed by atoms with Crippen LogP contribution in [-0.2, 0) is 0 Å². The molecule has 1 aliphatic rings. The number of carbonyl (C=O) groups excluding carboxylic acids is 1. The summed E-state index contributed by atoms with van der Waals surface area (Å²) >= 11 is 6.06. The average molecular weight is 312 g/mol. The second-order valence-electron chi connectivity index (χ2n) is 6.02. The van der Waals surface area contributed by atoms with Gasteiger partial charge in [-0.05, 0) is 12.8 Å². The van der Waals surface area contributed by atoms with Crippen molar-refractivity contribution in [3.8, 4) is 0 Å². The van der Waals surface area contributed by atoms with Gasteiger partial charge in [-0.1, -0.05) is 31.9 Å². The summed E-state index contributed by atoms with van der Waals surface area (Å²) in [5.41, 5.74) is 0.241. The molecular weight excluding hydrogens is 290 g/mol. The highest BCUT2D eigenvalue weighted by molar-refractivity contribution is 6.33. The Kier molecular flexibility index (Phi) is 5.17. The van der Waals surface area contributed by atoms with Crippen molar-refractivity contribution in [3.05, 3.63) is 22.7 Å². The van der Waals surface area contributed by atoms with Crippen LogP contribution in [0, 0.1) is 5.92 Å². The zero-order valence-electron chi connectivity index (χ0n) is 12.7. The molecule has 0 aliphatic heterocycles. The second-order valence-corrected chi connectivity index (χ2v) is 6.43. The maximum absolute atomic E-state index is 12.5. The minimum atomic E-state index is -0.313. The number of aliphatic hydroxyl groups is 1. The first kappa shape index (κ1) is 16.2. The molecule has 5 nitrogen and oxygen atoms in total. The highest BCUT2D eigenvalue weighted by atomic mass is 35.5. The van der Waals surface area contributed by atoms with Crippen molar-refractivity contribution >= 4 is 17.5 Å². The molecule has 1 aromatic rings. The summed E-state index contributed by atoms with van der Waals surface area (Å²) in [5, 5.41) is 10.1. The Morgan fingerprint density at radius 3 is 2.81 bits per heavy atom. The lowest BCUT2D eigenvalue weighted by Gasteiger charge is -2.23. The highest BCUT2D eigenvalue weighted by Crippen LogP contribution is 2.26. The molecule has 0 aromatic carbocycles. The summed E-state index contributed by atoms with van der Waals surface area (Å²) in [6, 6.07) is 0. The molecule has 1 fully saturated rings. The zero-order valence-corrected chi connectivity index (χ0v) is 13.5. The van der Waals surface area contributed by atoms with Gasteiger partial charge in [-0.3, -0.25) is 4.79 Å². The summed E-state index contributed by atoms with van der Waals surface area (Å²) in [5.74, 6) is 0.667. The van der Waals surface area contributed by atoms with E-state index in [0.717, 1.165) is 19.3 Å². The number of halogens is 1. The third kappa shape index (κ3) is 3.71. The number of hydrogen-bond acceptors (Lipinski definition) is 4. The molecule has 1 aliphatic carbocycles.